The van der Waals surface area contributed by atoms with Gasteiger partial charge in [0.1, 0.15) is 41.0 Å². The van der Waals surface area contributed by atoms with E-state index in [2.05, 4.69) is 46.4 Å². The van der Waals surface area contributed by atoms with Crippen LogP contribution in [0.4, 0.5) is 29.7 Å². The van der Waals surface area contributed by atoms with Crippen molar-refractivity contribution in [3.63, 3.8) is 0 Å². The number of piperazine rings is 3. The van der Waals surface area contributed by atoms with E-state index in [0.29, 0.717) is 61.2 Å². The van der Waals surface area contributed by atoms with Crippen LogP contribution in [0.25, 0.3) is 0 Å². The molecule has 4 unspecified atom stereocenters. The summed E-state index contributed by atoms with van der Waals surface area (Å²) in [7, 11) is 0. The van der Waals surface area contributed by atoms with Crippen molar-refractivity contribution in [2.45, 2.75) is 184 Å². The second kappa shape index (κ2) is 32.6. The lowest BCUT2D eigenvalue weighted by Gasteiger charge is -2.36. The Labute approximate surface area is 661 Å². The van der Waals surface area contributed by atoms with Gasteiger partial charge in [0.25, 0.3) is 35.4 Å². The highest BCUT2D eigenvalue weighted by Gasteiger charge is 2.51. The van der Waals surface area contributed by atoms with Gasteiger partial charge in [0, 0.05) is 107 Å². The normalized spacial score (nSPS) is 25.8. The van der Waals surface area contributed by atoms with Gasteiger partial charge in [-0.25, -0.2) is 28.0 Å². The maximum atomic E-state index is 13.2. The van der Waals surface area contributed by atoms with Gasteiger partial charge in [-0.1, -0.05) is 0 Å². The number of amides is 16. The van der Waals surface area contributed by atoms with Crippen LogP contribution in [0.5, 0.6) is 0 Å². The number of nitrogens with two attached hydrogens (primary N) is 1. The average Bonchev–Trinajstić information content (AvgIpc) is 1.61. The molecular weight excluding hydrogens is 1530 g/mol. The molecule has 10 atom stereocenters. The Morgan fingerprint density at radius 1 is 0.409 bits per heavy atom. The maximum Gasteiger partial charge on any atom is 0.410 e. The Bertz CT molecular complexity index is 4850. The minimum absolute atomic E-state index is 0. The Morgan fingerprint density at radius 3 is 1.15 bits per heavy atom. The number of hydrogen-bond donors (Lipinski definition) is 7. The summed E-state index contributed by atoms with van der Waals surface area (Å²) in [6.45, 7) is 15.9. The molecule has 16 amide bonds. The van der Waals surface area contributed by atoms with Crippen molar-refractivity contribution in [2.24, 2.45) is 5.73 Å². The lowest BCUT2D eigenvalue weighted by molar-refractivity contribution is -0.137. The number of imide groups is 7. The highest BCUT2D eigenvalue weighted by atomic mass is 35.5. The number of fused-ring (bicyclic) bond motifs is 10. The number of likely N-dealkylation sites (tertiary alicyclic amines) is 2. The molecule has 14 heterocycles. The van der Waals surface area contributed by atoms with Crippen LogP contribution in [-0.2, 0) is 52.6 Å². The molecule has 18 rings (SSSR count). The van der Waals surface area contributed by atoms with Gasteiger partial charge in [0.05, 0.1) is 56.6 Å². The number of benzene rings is 4. The Balaban J connectivity index is 0.000000134. The number of cyclic esters (lactones) is 2. The number of rotatable bonds is 5. The van der Waals surface area contributed by atoms with Gasteiger partial charge in [0.2, 0.25) is 47.3 Å². The molecule has 0 spiro atoms. The average molecular weight is 1610 g/mol. The molecule has 0 aromatic heterocycles. The number of carbonyl (C=O) groups excluding carboxylic acids is 18. The number of piperidine rings is 4. The summed E-state index contributed by atoms with van der Waals surface area (Å²) in [6.07, 6.45) is 3.99. The van der Waals surface area contributed by atoms with Crippen LogP contribution in [0.15, 0.2) is 72.8 Å². The molecule has 10 fully saturated rings. The molecule has 0 saturated carbocycles. The van der Waals surface area contributed by atoms with Gasteiger partial charge in [-0.15, -0.1) is 12.4 Å². The minimum atomic E-state index is -1.02. The van der Waals surface area contributed by atoms with Gasteiger partial charge in [-0.3, -0.25) is 103 Å². The molecule has 4 aromatic rings. The van der Waals surface area contributed by atoms with Crippen LogP contribution < -0.4 is 47.4 Å². The third kappa shape index (κ3) is 17.2. The molecule has 35 nitrogen and oxygen atoms in total. The van der Waals surface area contributed by atoms with Crippen molar-refractivity contribution in [2.75, 3.05) is 49.1 Å². The van der Waals surface area contributed by atoms with Gasteiger partial charge in [-0.2, -0.15) is 0 Å². The predicted octanol–water partition coefficient (Wildman–Crippen LogP) is 2.43. The third-order valence-electron chi connectivity index (χ3n) is 21.4. The molecule has 115 heavy (non-hydrogen) atoms. The number of hydrogen-bond acceptors (Lipinski definition) is 26. The van der Waals surface area contributed by atoms with E-state index in [9.17, 15) is 95.1 Å². The Kier molecular flexibility index (Phi) is 23.4. The van der Waals surface area contributed by atoms with Gasteiger partial charge < -0.3 is 50.2 Å². The zero-order chi connectivity index (χ0) is 82.0. The highest BCUT2D eigenvalue weighted by Crippen LogP contribution is 2.40. The van der Waals surface area contributed by atoms with E-state index in [4.69, 9.17) is 15.2 Å². The predicted molar refractivity (Wildman–Crippen MR) is 396 cm³/mol. The van der Waals surface area contributed by atoms with Crippen LogP contribution in [0.2, 0.25) is 0 Å². The van der Waals surface area contributed by atoms with Crippen molar-refractivity contribution in [3.05, 3.63) is 129 Å². The zero-order valence-electron chi connectivity index (χ0n) is 63.2. The number of halogens is 3. The largest absolute Gasteiger partial charge is 0.444 e. The summed E-state index contributed by atoms with van der Waals surface area (Å²) in [4.78, 5) is 224. The van der Waals surface area contributed by atoms with Crippen LogP contribution in [0, 0.1) is 11.6 Å². The van der Waals surface area contributed by atoms with Crippen molar-refractivity contribution in [3.8, 4) is 0 Å². The zero-order valence-corrected chi connectivity index (χ0v) is 64.0. The summed E-state index contributed by atoms with van der Waals surface area (Å²) in [5.41, 5.74) is 7.40. The molecule has 14 aliphatic rings. The maximum absolute atomic E-state index is 13.2. The fourth-order valence-electron chi connectivity index (χ4n) is 16.0. The first-order chi connectivity index (χ1) is 53.9. The highest BCUT2D eigenvalue weighted by molar-refractivity contribution is 6.26. The molecule has 0 radical (unpaired) electrons. The van der Waals surface area contributed by atoms with E-state index >= 15 is 0 Å². The number of nitrogens with zero attached hydrogens (tertiary/aromatic N) is 7. The summed E-state index contributed by atoms with van der Waals surface area (Å²) in [5.74, 6) is -9.67. The molecule has 0 aliphatic carbocycles. The molecule has 14 aliphatic heterocycles. The summed E-state index contributed by atoms with van der Waals surface area (Å²) >= 11 is 0. The van der Waals surface area contributed by atoms with E-state index in [0.717, 1.165) is 95.8 Å². The molecule has 608 valence electrons. The van der Waals surface area contributed by atoms with Crippen molar-refractivity contribution < 1.29 is 109 Å². The number of anilines is 2. The molecule has 4 aromatic carbocycles. The number of nitrogens with one attached hydrogen (secondary N) is 6. The molecule has 8 N–H and O–H groups in total. The van der Waals surface area contributed by atoms with Crippen LogP contribution in [-0.4, -0.2) is 242 Å². The van der Waals surface area contributed by atoms with Gasteiger partial charge in [-0.05, 0) is 159 Å². The monoisotopic (exact) mass is 1610 g/mol. The lowest BCUT2D eigenvalue weighted by atomic mass is 10.0. The van der Waals surface area contributed by atoms with E-state index in [1.54, 1.807) is 35.2 Å². The first-order valence-corrected chi connectivity index (χ1v) is 37.3. The smallest absolute Gasteiger partial charge is 0.410 e. The minimum Gasteiger partial charge on any atom is -0.444 e. The second-order valence-corrected chi connectivity index (χ2v) is 31.5. The molecular formula is C77H83ClF2N14O21. The van der Waals surface area contributed by atoms with E-state index in [-0.39, 0.29) is 132 Å². The van der Waals surface area contributed by atoms with E-state index in [1.165, 1.54) is 12.1 Å². The lowest BCUT2D eigenvalue weighted by Crippen LogP contribution is -2.54. The summed E-state index contributed by atoms with van der Waals surface area (Å²) < 4.78 is 40.8. The third-order valence-corrected chi connectivity index (χ3v) is 21.4. The molecule has 38 heteroatoms. The van der Waals surface area contributed by atoms with Crippen molar-refractivity contribution >= 4 is 131 Å². The first kappa shape index (κ1) is 82.6. The van der Waals surface area contributed by atoms with Gasteiger partial charge >= 0.3 is 24.1 Å². The fourth-order valence-corrected chi connectivity index (χ4v) is 16.0. The molecule has 10 saturated heterocycles. The van der Waals surface area contributed by atoms with Crippen molar-refractivity contribution in [1.29, 1.82) is 0 Å². The standard InChI is InChI=1S/C23H26N4O6.C18H18N4O4.C13H9FN2O4.C10H18N2O2.C8H3FO3.C5H8N2O2.ClH/c1-23(2,3)33-22(32)26-11-13-8-14(26)10-25(13)12-4-5-15-16(9-12)21(31)27(20(15)30)17-6-7-18(28)24-19(17)29;23-15-4-3-14(16(24)20-15)22-17(25)12-2-1-10(6-13(12)18(22)26)21-8-9-5-11(21)7-19-9;14-6-1-2-7-8(5-6)13(20)16(12(7)19)9-3-4-10(17)15-11(9)18;1-10(2,3)14-9(13)12-6-7-4-8(12)5-11-7;9-4-1-2-5-6(3-4)8(11)12-7(5)10;6-3-1-2-4(8)7-5(3)9;/h4-5,9,13-14,17H,6-8,10-11H2,1-3H3,(H,24,28,29);1-2,6,9,11,14,19H,3-5,7-8H2,(H,20,23,24);1-2,5,9H,3-4H2,(H,15,17,18);7-8,11H,4-6H2,1-3H3;1-3H;3H,1-2,6H2,(H,7,8,9);1H/t13-,14-,17?;9-,11-,14?;;7-,8-;;;/m00.0.../s1. The topological polar surface area (TPSA) is 456 Å². The summed E-state index contributed by atoms with van der Waals surface area (Å²) in [6, 6.07) is 15.5. The quantitative estimate of drug-likeness (QED) is 0.0653. The summed E-state index contributed by atoms with van der Waals surface area (Å²) in [5, 5.41) is 15.4. The van der Waals surface area contributed by atoms with Crippen molar-refractivity contribution in [1.82, 2.24) is 56.4 Å². The molecule has 6 bridgehead atoms. The Hall–Kier alpha value is -11.8. The van der Waals surface area contributed by atoms with E-state index in [1.807, 2.05) is 52.5 Å². The second-order valence-electron chi connectivity index (χ2n) is 31.5. The Morgan fingerprint density at radius 2 is 0.774 bits per heavy atom. The fraction of sp³-hybridized carbons (Fsp3) is 0.455. The van der Waals surface area contributed by atoms with Crippen LogP contribution in [0.1, 0.15) is 195 Å². The number of carbonyl (C=O) groups is 18. The van der Waals surface area contributed by atoms with E-state index < -0.39 is 118 Å². The van der Waals surface area contributed by atoms with Crippen LogP contribution in [0.3, 0.4) is 0 Å². The first-order valence-electron chi connectivity index (χ1n) is 37.3. The van der Waals surface area contributed by atoms with Crippen LogP contribution >= 0.6 is 12.4 Å². The number of esters is 2. The number of ether oxygens (including phenoxy) is 3. The SMILES string of the molecule is CC(C)(C)OC(=O)N1C[C@@H]2C[C@H]1CN2.CC(C)(C)OC(=O)N1C[C@@H]2C[C@H]1CN2c1ccc2c(c1)C(=O)N(C1CCC(=O)NC1=O)C2=O.Cl.NC1CCC(=O)NC1=O.O=C1CCC(N2C(=O)c3ccc(F)cc3C2=O)C(=O)N1.O=C1CCC(N2C(=O)c3ccc(N4C[C@@H]5C[C@H]4CN5)cc3C2=O)C(=O)N1.O=C1OC(=O)c2cc(F)ccc21. The van der Waals surface area contributed by atoms with Gasteiger partial charge in [0.15, 0.2) is 0 Å².